The van der Waals surface area contributed by atoms with Crippen molar-refractivity contribution in [1.82, 2.24) is 0 Å². The van der Waals surface area contributed by atoms with Crippen LogP contribution < -0.4 is 15.3 Å². The number of fused-ring (bicyclic) bond motifs is 4. The predicted octanol–water partition coefficient (Wildman–Crippen LogP) is 4.19. The Hall–Kier alpha value is -4.02. The van der Waals surface area contributed by atoms with Crippen LogP contribution in [0.5, 0.6) is 5.75 Å². The zero-order valence-electron chi connectivity index (χ0n) is 24.8. The predicted molar refractivity (Wildman–Crippen MR) is 168 cm³/mol. The van der Waals surface area contributed by atoms with Gasteiger partial charge in [0.15, 0.2) is 33.0 Å². The van der Waals surface area contributed by atoms with Gasteiger partial charge >= 0.3 is 7.12 Å². The summed E-state index contributed by atoms with van der Waals surface area (Å²) >= 11 is 20.6. The zero-order valence-corrected chi connectivity index (χ0v) is 27.1. The molecule has 3 N–H and O–H groups in total. The number of benzene rings is 3. The van der Waals surface area contributed by atoms with Crippen molar-refractivity contribution < 1.29 is 56.3 Å². The summed E-state index contributed by atoms with van der Waals surface area (Å²) in [6.07, 6.45) is 0.634. The Labute approximate surface area is 293 Å². The van der Waals surface area contributed by atoms with E-state index in [2.05, 4.69) is 0 Å². The van der Waals surface area contributed by atoms with Gasteiger partial charge in [-0.15, -0.1) is 23.2 Å². The van der Waals surface area contributed by atoms with E-state index in [0.29, 0.717) is 0 Å². The molecule has 3 fully saturated rings. The van der Waals surface area contributed by atoms with Crippen LogP contribution in [0.15, 0.2) is 54.1 Å². The lowest BCUT2D eigenvalue weighted by Gasteiger charge is -2.50. The Balaban J connectivity index is 1.42. The molecule has 258 valence electrons. The first-order valence-corrected chi connectivity index (χ1v) is 15.9. The quantitative estimate of drug-likeness (QED) is 0.0692. The summed E-state index contributed by atoms with van der Waals surface area (Å²) in [6, 6.07) is 8.73. The van der Waals surface area contributed by atoms with Gasteiger partial charge in [-0.05, 0) is 54.1 Å². The normalized spacial score (nSPS) is 28.9. The van der Waals surface area contributed by atoms with Gasteiger partial charge in [0, 0.05) is 10.9 Å². The molecule has 9 nitrogen and oxygen atoms in total. The Morgan fingerprint density at radius 2 is 1.44 bits per heavy atom. The van der Waals surface area contributed by atoms with E-state index in [4.69, 9.17) is 34.8 Å². The number of imide groups is 2. The van der Waals surface area contributed by atoms with Gasteiger partial charge in [0.05, 0.1) is 17.5 Å². The molecule has 6 atom stereocenters. The summed E-state index contributed by atoms with van der Waals surface area (Å²) in [4.78, 5) is 51.5. The third-order valence-corrected chi connectivity index (χ3v) is 11.7. The van der Waals surface area contributed by atoms with Crippen LogP contribution in [0.4, 0.5) is 33.3 Å². The third-order valence-electron chi connectivity index (χ3n) is 9.94. The van der Waals surface area contributed by atoms with Crippen LogP contribution in [0, 0.1) is 46.8 Å². The van der Waals surface area contributed by atoms with Crippen molar-refractivity contribution in [2.45, 2.75) is 28.5 Å². The first-order valence-electron chi connectivity index (χ1n) is 14.8. The number of halogens is 8. The van der Waals surface area contributed by atoms with E-state index in [9.17, 15) is 47.5 Å². The molecule has 2 aliphatic heterocycles. The molecule has 2 heterocycles. The molecule has 7 rings (SSSR count). The molecule has 2 saturated heterocycles. The number of rotatable bonds is 4. The molecule has 50 heavy (non-hydrogen) atoms. The summed E-state index contributed by atoms with van der Waals surface area (Å²) in [7, 11) is -1.94. The maximum Gasteiger partial charge on any atom is 0.488 e. The number of hydrogen-bond acceptors (Lipinski definition) is 7. The van der Waals surface area contributed by atoms with E-state index in [0.717, 1.165) is 17.0 Å². The highest BCUT2D eigenvalue weighted by Crippen LogP contribution is 2.66. The van der Waals surface area contributed by atoms with Crippen molar-refractivity contribution in [2.75, 3.05) is 9.80 Å². The number of nitrogens with zero attached hydrogens (tertiary/aromatic N) is 2. The number of carbonyl (C=O) groups excluding carboxylic acids is 4. The highest BCUT2D eigenvalue weighted by atomic mass is 35.5. The lowest BCUT2D eigenvalue weighted by atomic mass is 9.56. The van der Waals surface area contributed by atoms with Gasteiger partial charge in [0.1, 0.15) is 11.4 Å². The first-order chi connectivity index (χ1) is 23.5. The van der Waals surface area contributed by atoms with E-state index in [-0.39, 0.29) is 44.4 Å². The summed E-state index contributed by atoms with van der Waals surface area (Å²) in [5.74, 6) is -22.8. The number of allylic oxidation sites excluding steroid dienone is 2. The van der Waals surface area contributed by atoms with Crippen LogP contribution in [0.2, 0.25) is 5.02 Å². The lowest BCUT2D eigenvalue weighted by Crippen LogP contribution is -2.60. The lowest BCUT2D eigenvalue weighted by molar-refractivity contribution is -0.125. The number of carbonyl (C=O) groups is 4. The summed E-state index contributed by atoms with van der Waals surface area (Å²) in [5.41, 5.74) is -1.86. The van der Waals surface area contributed by atoms with Gasteiger partial charge in [-0.3, -0.25) is 24.1 Å². The van der Waals surface area contributed by atoms with Gasteiger partial charge in [-0.25, -0.2) is 26.9 Å². The molecule has 2 aliphatic carbocycles. The van der Waals surface area contributed by atoms with Crippen LogP contribution in [0.25, 0.3) is 0 Å². The fourth-order valence-corrected chi connectivity index (χ4v) is 8.95. The van der Waals surface area contributed by atoms with Crippen LogP contribution in [0.3, 0.4) is 0 Å². The molecule has 4 amide bonds. The Morgan fingerprint density at radius 1 is 0.800 bits per heavy atom. The summed E-state index contributed by atoms with van der Waals surface area (Å²) in [5, 5.41) is 29.2. The topological polar surface area (TPSA) is 135 Å². The second-order valence-corrected chi connectivity index (χ2v) is 14.0. The number of amides is 4. The highest BCUT2D eigenvalue weighted by molar-refractivity contribution is 6.59. The Kier molecular flexibility index (Phi) is 7.92. The van der Waals surface area contributed by atoms with E-state index in [1.54, 1.807) is 0 Å². The SMILES string of the molecule is O=C1[C@H]2[C@H](CC=C3[C@H]2C[C@@]2(Cl)C(=O)N(c4c(F)c(F)c(F)c(F)c4F)C(=O)[C@@]2(Cl)[C@H]3c2ccc(O)cc2Cl)C(=O)N1c1cccc(B(O)O)c1. The Morgan fingerprint density at radius 3 is 2.06 bits per heavy atom. The number of aromatic hydroxyl groups is 1. The maximum atomic E-state index is 15.2. The van der Waals surface area contributed by atoms with Gasteiger partial charge in [0.2, 0.25) is 17.6 Å². The van der Waals surface area contributed by atoms with Crippen molar-refractivity contribution in [3.05, 3.63) is 93.8 Å². The van der Waals surface area contributed by atoms with Gasteiger partial charge in [-0.1, -0.05) is 41.4 Å². The number of hydrogen-bond donors (Lipinski definition) is 3. The highest BCUT2D eigenvalue weighted by Gasteiger charge is 2.77. The zero-order chi connectivity index (χ0) is 36.4. The average molecular weight is 756 g/mol. The molecule has 0 bridgehead atoms. The van der Waals surface area contributed by atoms with Gasteiger partial charge in [0.25, 0.3) is 11.8 Å². The molecule has 0 unspecified atom stereocenters. The average Bonchev–Trinajstić information content (AvgIpc) is 3.41. The second-order valence-electron chi connectivity index (χ2n) is 12.4. The van der Waals surface area contributed by atoms with Crippen LogP contribution in [0.1, 0.15) is 24.3 Å². The summed E-state index contributed by atoms with van der Waals surface area (Å²) in [6.45, 7) is 0. The molecule has 0 radical (unpaired) electrons. The molecular weight excluding hydrogens is 737 g/mol. The number of phenols is 1. The van der Waals surface area contributed by atoms with Crippen LogP contribution in [-0.4, -0.2) is 55.7 Å². The maximum absolute atomic E-state index is 15.2. The van der Waals surface area contributed by atoms with Crippen molar-refractivity contribution >= 4 is 82.4 Å². The van der Waals surface area contributed by atoms with Crippen molar-refractivity contribution in [3.8, 4) is 5.75 Å². The van der Waals surface area contributed by atoms with Crippen molar-refractivity contribution in [3.63, 3.8) is 0 Å². The molecule has 0 aromatic heterocycles. The molecule has 18 heteroatoms. The molecule has 0 spiro atoms. The smallest absolute Gasteiger partial charge is 0.488 e. The fourth-order valence-electron chi connectivity index (χ4n) is 7.74. The minimum atomic E-state index is -2.78. The van der Waals surface area contributed by atoms with Crippen molar-refractivity contribution in [1.29, 1.82) is 0 Å². The molecule has 4 aliphatic rings. The van der Waals surface area contributed by atoms with Crippen LogP contribution >= 0.6 is 34.8 Å². The number of phenolic OH excluding ortho intramolecular Hbond substituents is 1. The Bertz CT molecular complexity index is 2090. The van der Waals surface area contributed by atoms with E-state index in [1.165, 1.54) is 36.4 Å². The van der Waals surface area contributed by atoms with E-state index in [1.807, 2.05) is 0 Å². The summed E-state index contributed by atoms with van der Waals surface area (Å²) < 4.78 is 73.1. The molecule has 3 aromatic carbocycles. The third kappa shape index (κ3) is 4.39. The monoisotopic (exact) mass is 754 g/mol. The second kappa shape index (κ2) is 11.5. The molecular formula is C32H19BCl3F5N2O7. The van der Waals surface area contributed by atoms with Gasteiger partial charge < -0.3 is 15.2 Å². The van der Waals surface area contributed by atoms with Gasteiger partial charge in [-0.2, -0.15) is 0 Å². The largest absolute Gasteiger partial charge is 0.508 e. The minimum Gasteiger partial charge on any atom is -0.508 e. The van der Waals surface area contributed by atoms with Crippen molar-refractivity contribution in [2.24, 2.45) is 17.8 Å². The first kappa shape index (κ1) is 34.4. The number of alkyl halides is 2. The number of anilines is 2. The fraction of sp³-hybridized carbons (Fsp3) is 0.250. The van der Waals surface area contributed by atoms with Crippen LogP contribution in [-0.2, 0) is 19.2 Å². The standard InChI is InChI=1S/C32H19BCl3F5N2O7/c34-18-9-13(44)4-5-15(18)20-14-6-7-16-19(28(46)42(27(16)45)12-3-1-2-11(8-12)33(49)50)17(14)10-31(35)29(47)43(30(48)32(20,31)36)26-24(40)22(38)21(37)23(39)25(26)41/h1-6,8-9,16-17,19-20,44,49-50H,7,10H2/t16-,17+,19-,20+,31+,32-/m0/s1. The van der Waals surface area contributed by atoms with E-state index >= 15 is 8.78 Å². The molecule has 1 saturated carbocycles. The minimum absolute atomic E-state index is 0.00706. The van der Waals surface area contributed by atoms with E-state index < -0.39 is 105 Å². The molecule has 3 aromatic rings.